The third kappa shape index (κ3) is 5.57. The van der Waals surface area contributed by atoms with Gasteiger partial charge in [0.1, 0.15) is 0 Å². The summed E-state index contributed by atoms with van der Waals surface area (Å²) in [7, 11) is 1.71. The molecule has 0 fully saturated rings. The zero-order valence-electron chi connectivity index (χ0n) is 11.0. The number of benzene rings is 1. The summed E-state index contributed by atoms with van der Waals surface area (Å²) in [5, 5.41) is 4.85. The summed E-state index contributed by atoms with van der Waals surface area (Å²) >= 11 is 12.1. The monoisotopic (exact) mass is 289 g/mol. The summed E-state index contributed by atoms with van der Waals surface area (Å²) in [5.41, 5.74) is 1.17. The molecule has 1 aromatic rings. The Balaban J connectivity index is 2.46. The molecule has 0 heterocycles. The molecule has 1 unspecified atom stereocenters. The molecule has 1 atom stereocenters. The van der Waals surface area contributed by atoms with E-state index in [2.05, 4.69) is 12.2 Å². The van der Waals surface area contributed by atoms with Crippen molar-refractivity contribution in [3.63, 3.8) is 0 Å². The Hall–Kier alpha value is -0.280. The highest BCUT2D eigenvalue weighted by Crippen LogP contribution is 2.24. The van der Waals surface area contributed by atoms with E-state index >= 15 is 0 Å². The van der Waals surface area contributed by atoms with E-state index in [0.29, 0.717) is 10.9 Å². The number of methoxy groups -OCH3 is 1. The summed E-state index contributed by atoms with van der Waals surface area (Å²) in [5.74, 6) is 0.584. The molecule has 0 aliphatic carbocycles. The number of hydrogen-bond acceptors (Lipinski definition) is 2. The van der Waals surface area contributed by atoms with Crippen molar-refractivity contribution in [3.8, 4) is 0 Å². The SMILES string of the molecule is CCC(CNCCOC)Cc1ccc(Cl)cc1Cl. The summed E-state index contributed by atoms with van der Waals surface area (Å²) in [6.45, 7) is 4.82. The van der Waals surface area contributed by atoms with Crippen LogP contribution in [0.2, 0.25) is 10.0 Å². The first-order valence-corrected chi connectivity index (χ1v) is 7.06. The van der Waals surface area contributed by atoms with Crippen molar-refractivity contribution in [2.75, 3.05) is 26.8 Å². The molecule has 1 rings (SSSR count). The molecule has 0 saturated carbocycles. The molecule has 2 nitrogen and oxygen atoms in total. The second-order valence-electron chi connectivity index (χ2n) is 4.41. The zero-order valence-corrected chi connectivity index (χ0v) is 12.5. The van der Waals surface area contributed by atoms with Crippen molar-refractivity contribution in [3.05, 3.63) is 33.8 Å². The van der Waals surface area contributed by atoms with Crippen molar-refractivity contribution >= 4 is 23.2 Å². The molecule has 0 radical (unpaired) electrons. The Morgan fingerprint density at radius 2 is 2.11 bits per heavy atom. The summed E-state index contributed by atoms with van der Waals surface area (Å²) in [4.78, 5) is 0. The van der Waals surface area contributed by atoms with Crippen molar-refractivity contribution < 1.29 is 4.74 Å². The Morgan fingerprint density at radius 1 is 1.33 bits per heavy atom. The minimum atomic E-state index is 0.584. The summed E-state index contributed by atoms with van der Waals surface area (Å²) in [6.07, 6.45) is 2.10. The molecule has 0 saturated heterocycles. The maximum atomic E-state index is 6.19. The molecule has 0 spiro atoms. The third-order valence-electron chi connectivity index (χ3n) is 3.02. The van der Waals surface area contributed by atoms with Crippen LogP contribution in [-0.4, -0.2) is 26.8 Å². The van der Waals surface area contributed by atoms with Gasteiger partial charge in [0.15, 0.2) is 0 Å². The van der Waals surface area contributed by atoms with E-state index in [1.54, 1.807) is 7.11 Å². The Bertz CT molecular complexity index is 358. The molecule has 1 N–H and O–H groups in total. The summed E-state index contributed by atoms with van der Waals surface area (Å²) < 4.78 is 5.01. The van der Waals surface area contributed by atoms with E-state index in [1.165, 1.54) is 5.56 Å². The standard InChI is InChI=1S/C14H21Cl2NO/c1-3-11(10-17-6-7-18-2)8-12-4-5-13(15)9-14(12)16/h4-5,9,11,17H,3,6-8,10H2,1-2H3. The highest BCUT2D eigenvalue weighted by atomic mass is 35.5. The van der Waals surface area contributed by atoms with Crippen molar-refractivity contribution in [2.45, 2.75) is 19.8 Å². The van der Waals surface area contributed by atoms with Gasteiger partial charge in [-0.05, 0) is 36.6 Å². The maximum Gasteiger partial charge on any atom is 0.0587 e. The molecule has 0 aliphatic rings. The Morgan fingerprint density at radius 3 is 2.72 bits per heavy atom. The third-order valence-corrected chi connectivity index (χ3v) is 3.60. The van der Waals surface area contributed by atoms with Gasteiger partial charge in [-0.2, -0.15) is 0 Å². The van der Waals surface area contributed by atoms with Crippen LogP contribution in [0.3, 0.4) is 0 Å². The van der Waals surface area contributed by atoms with Crippen molar-refractivity contribution in [1.29, 1.82) is 0 Å². The van der Waals surface area contributed by atoms with Crippen LogP contribution in [0.1, 0.15) is 18.9 Å². The van der Waals surface area contributed by atoms with E-state index in [0.717, 1.165) is 37.6 Å². The number of hydrogen-bond donors (Lipinski definition) is 1. The van der Waals surface area contributed by atoms with Crippen LogP contribution in [0, 0.1) is 5.92 Å². The first kappa shape index (κ1) is 15.8. The molecule has 18 heavy (non-hydrogen) atoms. The van der Waals surface area contributed by atoms with Crippen LogP contribution in [0.25, 0.3) is 0 Å². The minimum Gasteiger partial charge on any atom is -0.383 e. The number of nitrogens with one attached hydrogen (secondary N) is 1. The minimum absolute atomic E-state index is 0.584. The van der Waals surface area contributed by atoms with Crippen LogP contribution in [0.15, 0.2) is 18.2 Å². The smallest absolute Gasteiger partial charge is 0.0587 e. The zero-order chi connectivity index (χ0) is 13.4. The van der Waals surface area contributed by atoms with E-state index in [9.17, 15) is 0 Å². The Labute approximate surface area is 120 Å². The van der Waals surface area contributed by atoms with Crippen LogP contribution in [0.4, 0.5) is 0 Å². The van der Waals surface area contributed by atoms with Gasteiger partial charge < -0.3 is 10.1 Å². The lowest BCUT2D eigenvalue weighted by molar-refractivity contribution is 0.197. The van der Waals surface area contributed by atoms with Crippen LogP contribution < -0.4 is 5.32 Å². The lowest BCUT2D eigenvalue weighted by Crippen LogP contribution is -2.27. The van der Waals surface area contributed by atoms with E-state index < -0.39 is 0 Å². The van der Waals surface area contributed by atoms with E-state index in [4.69, 9.17) is 27.9 Å². The van der Waals surface area contributed by atoms with Gasteiger partial charge in [0, 0.05) is 23.7 Å². The molecule has 0 bridgehead atoms. The van der Waals surface area contributed by atoms with Gasteiger partial charge in [0.25, 0.3) is 0 Å². The van der Waals surface area contributed by atoms with E-state index in [-0.39, 0.29) is 0 Å². The number of ether oxygens (including phenoxy) is 1. The molecular weight excluding hydrogens is 269 g/mol. The molecule has 0 aromatic heterocycles. The predicted molar refractivity (Wildman–Crippen MR) is 78.7 cm³/mol. The lowest BCUT2D eigenvalue weighted by atomic mass is 9.97. The maximum absolute atomic E-state index is 6.19. The Kier molecular flexibility index (Phi) is 7.68. The molecule has 1 aromatic carbocycles. The van der Waals surface area contributed by atoms with Crippen molar-refractivity contribution in [1.82, 2.24) is 5.32 Å². The van der Waals surface area contributed by atoms with Gasteiger partial charge in [-0.15, -0.1) is 0 Å². The van der Waals surface area contributed by atoms with Gasteiger partial charge in [-0.25, -0.2) is 0 Å². The van der Waals surface area contributed by atoms with Gasteiger partial charge in [-0.3, -0.25) is 0 Å². The molecule has 4 heteroatoms. The van der Waals surface area contributed by atoms with Crippen LogP contribution in [-0.2, 0) is 11.2 Å². The van der Waals surface area contributed by atoms with Crippen molar-refractivity contribution in [2.24, 2.45) is 5.92 Å². The lowest BCUT2D eigenvalue weighted by Gasteiger charge is -2.16. The fourth-order valence-electron chi connectivity index (χ4n) is 1.84. The normalized spacial score (nSPS) is 12.7. The quantitative estimate of drug-likeness (QED) is 0.735. The van der Waals surface area contributed by atoms with Gasteiger partial charge in [0.05, 0.1) is 6.61 Å². The van der Waals surface area contributed by atoms with Crippen LogP contribution in [0.5, 0.6) is 0 Å². The molecular formula is C14H21Cl2NO. The summed E-state index contributed by atoms with van der Waals surface area (Å²) in [6, 6.07) is 5.72. The molecule has 0 amide bonds. The van der Waals surface area contributed by atoms with Gasteiger partial charge in [0.2, 0.25) is 0 Å². The largest absolute Gasteiger partial charge is 0.383 e. The fourth-order valence-corrected chi connectivity index (χ4v) is 2.33. The van der Waals surface area contributed by atoms with E-state index in [1.807, 2.05) is 18.2 Å². The fraction of sp³-hybridized carbons (Fsp3) is 0.571. The second-order valence-corrected chi connectivity index (χ2v) is 5.25. The number of halogens is 2. The molecule has 102 valence electrons. The first-order valence-electron chi connectivity index (χ1n) is 6.31. The molecule has 0 aliphatic heterocycles. The predicted octanol–water partition coefficient (Wildman–Crippen LogP) is 3.80. The van der Waals surface area contributed by atoms with Gasteiger partial charge >= 0.3 is 0 Å². The topological polar surface area (TPSA) is 21.3 Å². The highest BCUT2D eigenvalue weighted by molar-refractivity contribution is 6.35. The first-order chi connectivity index (χ1) is 8.67. The second kappa shape index (κ2) is 8.76. The number of rotatable bonds is 8. The highest BCUT2D eigenvalue weighted by Gasteiger charge is 2.10. The van der Waals surface area contributed by atoms with Gasteiger partial charge in [-0.1, -0.05) is 42.6 Å². The average molecular weight is 290 g/mol. The average Bonchev–Trinajstić information content (AvgIpc) is 2.35. The van der Waals surface area contributed by atoms with Crippen LogP contribution >= 0.6 is 23.2 Å².